The van der Waals surface area contributed by atoms with Crippen LogP contribution in [0.4, 0.5) is 0 Å². The third-order valence-corrected chi connectivity index (χ3v) is 15.0. The molecule has 4 N–H and O–H groups in total. The van der Waals surface area contributed by atoms with E-state index < -0.39 is 120 Å². The summed E-state index contributed by atoms with van der Waals surface area (Å²) >= 11 is 0. The lowest BCUT2D eigenvalue weighted by molar-refractivity contribution is -0.154. The van der Waals surface area contributed by atoms with Crippen molar-refractivity contribution >= 4 is 59.1 Å². The van der Waals surface area contributed by atoms with Crippen LogP contribution in [0, 0.1) is 29.6 Å². The highest BCUT2D eigenvalue weighted by Gasteiger charge is 2.45. The molecule has 432 valence electrons. The van der Waals surface area contributed by atoms with E-state index in [1.54, 1.807) is 20.8 Å². The third kappa shape index (κ3) is 18.0. The standard InChI is InChI=1S/C57H93N9O11/c1-16-23-45(67)60-47(36(7)8)56(75)63(13)43(31-35(5)6)50(69)59-40(30-34(3)4)53(72)65-28-21-26-41(65)54(73)64(14)49(37(9)10)52(71)61-48(38(11)17-2)51(70)58-33-46(68)62(12)44(32-39-24-19-18-20-25-39)55(74)66-29-22-27-42(66)57(76)77-15/h18-20,24-25,34-38,40-44,47-49H,16-17,21-23,26-33H2,1-15H3,(H,58,70)(H,59,69)(H,60,67)(H,61,71)/t38-,40-,41-,42-,43-,44+,47-,48-,49+/m0/s1. The van der Waals surface area contributed by atoms with Gasteiger partial charge in [-0.05, 0) is 80.1 Å². The number of amides is 9. The number of rotatable bonds is 28. The Morgan fingerprint density at radius 1 is 0.649 bits per heavy atom. The molecule has 3 rings (SSSR count). The molecule has 2 aliphatic rings. The van der Waals surface area contributed by atoms with E-state index >= 15 is 0 Å². The molecular weight excluding hydrogens is 987 g/mol. The van der Waals surface area contributed by atoms with Gasteiger partial charge in [0.25, 0.3) is 0 Å². The fraction of sp³-hybridized carbons (Fsp3) is 0.719. The van der Waals surface area contributed by atoms with Gasteiger partial charge in [-0.15, -0.1) is 0 Å². The monoisotopic (exact) mass is 1080 g/mol. The van der Waals surface area contributed by atoms with Crippen LogP contribution in [0.5, 0.6) is 0 Å². The fourth-order valence-electron chi connectivity index (χ4n) is 10.3. The van der Waals surface area contributed by atoms with Crippen molar-refractivity contribution in [2.24, 2.45) is 29.6 Å². The van der Waals surface area contributed by atoms with Crippen LogP contribution in [-0.4, -0.2) is 180 Å². The van der Waals surface area contributed by atoms with Gasteiger partial charge in [-0.3, -0.25) is 43.2 Å². The second-order valence-corrected chi connectivity index (χ2v) is 22.7. The van der Waals surface area contributed by atoms with E-state index in [-0.39, 0.29) is 55.9 Å². The highest BCUT2D eigenvalue weighted by atomic mass is 16.5. The summed E-state index contributed by atoms with van der Waals surface area (Å²) in [6.45, 7) is 20.4. The van der Waals surface area contributed by atoms with E-state index in [1.165, 1.54) is 52.8 Å². The first-order valence-electron chi connectivity index (χ1n) is 27.9. The van der Waals surface area contributed by atoms with Crippen molar-refractivity contribution in [3.05, 3.63) is 35.9 Å². The number of likely N-dealkylation sites (N-methyl/N-ethyl adjacent to an activating group) is 3. The molecule has 2 aliphatic heterocycles. The second kappa shape index (κ2) is 30.8. The molecule has 20 heteroatoms. The summed E-state index contributed by atoms with van der Waals surface area (Å²) in [5.41, 5.74) is 0.787. The highest BCUT2D eigenvalue weighted by Crippen LogP contribution is 2.26. The number of ether oxygens (including phenoxy) is 1. The van der Waals surface area contributed by atoms with Crippen molar-refractivity contribution in [3.63, 3.8) is 0 Å². The Balaban J connectivity index is 1.82. The summed E-state index contributed by atoms with van der Waals surface area (Å²) in [5, 5.41) is 11.4. The van der Waals surface area contributed by atoms with Gasteiger partial charge < -0.3 is 50.5 Å². The number of nitrogens with one attached hydrogen (secondary N) is 4. The van der Waals surface area contributed by atoms with Crippen molar-refractivity contribution < 1.29 is 52.7 Å². The van der Waals surface area contributed by atoms with Crippen LogP contribution >= 0.6 is 0 Å². The molecule has 0 spiro atoms. The predicted molar refractivity (Wildman–Crippen MR) is 293 cm³/mol. The number of carbonyl (C=O) groups is 10. The molecule has 2 fully saturated rings. The lowest BCUT2D eigenvalue weighted by Gasteiger charge is -2.37. The summed E-state index contributed by atoms with van der Waals surface area (Å²) < 4.78 is 4.97. The summed E-state index contributed by atoms with van der Waals surface area (Å²) in [6, 6.07) is 1.30. The Hall–Kier alpha value is -6.08. The van der Waals surface area contributed by atoms with E-state index in [4.69, 9.17) is 4.74 Å². The van der Waals surface area contributed by atoms with Crippen molar-refractivity contribution in [1.29, 1.82) is 0 Å². The van der Waals surface area contributed by atoms with E-state index in [9.17, 15) is 47.9 Å². The predicted octanol–water partition coefficient (Wildman–Crippen LogP) is 3.69. The van der Waals surface area contributed by atoms with Crippen LogP contribution in [0.1, 0.15) is 140 Å². The summed E-state index contributed by atoms with van der Waals surface area (Å²) in [4.78, 5) is 146. The zero-order valence-electron chi connectivity index (χ0n) is 48.8. The molecule has 0 radical (unpaired) electrons. The van der Waals surface area contributed by atoms with Crippen molar-refractivity contribution in [1.82, 2.24) is 45.8 Å². The van der Waals surface area contributed by atoms with Gasteiger partial charge in [0.2, 0.25) is 53.2 Å². The maximum atomic E-state index is 14.7. The molecule has 0 unspecified atom stereocenters. The maximum absolute atomic E-state index is 14.7. The fourth-order valence-corrected chi connectivity index (χ4v) is 10.3. The van der Waals surface area contributed by atoms with Crippen LogP contribution in [-0.2, 0) is 59.1 Å². The SMILES string of the molecule is CCCC(=O)N[C@H](C(=O)N(C)[C@@H](CC(C)C)C(=O)N[C@@H](CC(C)C)C(=O)N1CCC[C@H]1C(=O)N(C)[C@@H](C(=O)N[C@H](C(=O)NCC(=O)N(C)[C@H](Cc1ccccc1)C(=O)N1CCC[C@H]1C(=O)OC)[C@@H](C)CC)C(C)C)C(C)C. The Labute approximate surface area is 458 Å². The zero-order valence-corrected chi connectivity index (χ0v) is 48.8. The van der Waals surface area contributed by atoms with Gasteiger partial charge in [0.15, 0.2) is 0 Å². The molecule has 9 amide bonds. The smallest absolute Gasteiger partial charge is 0.328 e. The Kier molecular flexibility index (Phi) is 26.0. The van der Waals surface area contributed by atoms with Crippen LogP contribution in [0.3, 0.4) is 0 Å². The van der Waals surface area contributed by atoms with Crippen molar-refractivity contribution in [3.8, 4) is 0 Å². The molecule has 0 aromatic heterocycles. The lowest BCUT2D eigenvalue weighted by Crippen LogP contribution is -2.61. The minimum absolute atomic E-state index is 0.0205. The van der Waals surface area contributed by atoms with Gasteiger partial charge >= 0.3 is 5.97 Å². The summed E-state index contributed by atoms with van der Waals surface area (Å²) in [7, 11) is 5.77. The number of likely N-dealkylation sites (tertiary alicyclic amines) is 2. The molecule has 0 saturated carbocycles. The largest absolute Gasteiger partial charge is 0.467 e. The zero-order chi connectivity index (χ0) is 58.0. The number of hydrogen-bond donors (Lipinski definition) is 4. The molecule has 0 bridgehead atoms. The number of benzene rings is 1. The van der Waals surface area contributed by atoms with E-state index in [0.29, 0.717) is 45.1 Å². The quantitative estimate of drug-likeness (QED) is 0.0883. The van der Waals surface area contributed by atoms with E-state index in [0.717, 1.165) is 5.56 Å². The van der Waals surface area contributed by atoms with Crippen molar-refractivity contribution in [2.75, 3.05) is 47.9 Å². The lowest BCUT2D eigenvalue weighted by atomic mass is 9.95. The van der Waals surface area contributed by atoms with Crippen LogP contribution in [0.25, 0.3) is 0 Å². The molecule has 2 saturated heterocycles. The molecule has 9 atom stereocenters. The van der Waals surface area contributed by atoms with E-state index in [2.05, 4.69) is 21.3 Å². The number of hydrogen-bond acceptors (Lipinski definition) is 11. The molecule has 1 aromatic carbocycles. The summed E-state index contributed by atoms with van der Waals surface area (Å²) in [5.74, 6) is -6.17. The van der Waals surface area contributed by atoms with E-state index in [1.807, 2.05) is 85.7 Å². The van der Waals surface area contributed by atoms with Gasteiger partial charge in [-0.2, -0.15) is 0 Å². The van der Waals surface area contributed by atoms with Gasteiger partial charge in [0, 0.05) is 47.1 Å². The molecular formula is C57H93N9O11. The average molecular weight is 1080 g/mol. The minimum Gasteiger partial charge on any atom is -0.467 e. The average Bonchev–Trinajstić information content (AvgIpc) is 4.09. The first-order valence-corrected chi connectivity index (χ1v) is 27.9. The Morgan fingerprint density at radius 2 is 1.23 bits per heavy atom. The maximum Gasteiger partial charge on any atom is 0.328 e. The van der Waals surface area contributed by atoms with Gasteiger partial charge in [-0.25, -0.2) is 4.79 Å². The molecule has 2 heterocycles. The Bertz CT molecular complexity index is 2190. The number of carbonyl (C=O) groups excluding carboxylic acids is 10. The van der Waals surface area contributed by atoms with Gasteiger partial charge in [0.1, 0.15) is 48.3 Å². The molecule has 77 heavy (non-hydrogen) atoms. The Morgan fingerprint density at radius 3 is 1.77 bits per heavy atom. The topological polar surface area (TPSA) is 244 Å². The van der Waals surface area contributed by atoms with Crippen LogP contribution in [0.15, 0.2) is 30.3 Å². The van der Waals surface area contributed by atoms with Crippen LogP contribution < -0.4 is 21.3 Å². The van der Waals surface area contributed by atoms with Gasteiger partial charge in [-0.1, -0.05) is 113 Å². The number of esters is 1. The minimum atomic E-state index is -1.13. The molecule has 0 aliphatic carbocycles. The molecule has 20 nitrogen and oxygen atoms in total. The normalized spacial score (nSPS) is 18.2. The highest BCUT2D eigenvalue weighted by molar-refractivity contribution is 5.98. The number of methoxy groups -OCH3 is 1. The third-order valence-electron chi connectivity index (χ3n) is 15.0. The van der Waals surface area contributed by atoms with Crippen molar-refractivity contribution in [2.45, 2.75) is 189 Å². The first kappa shape index (κ1) is 65.2. The van der Waals surface area contributed by atoms with Crippen LogP contribution in [0.2, 0.25) is 0 Å². The molecule has 1 aromatic rings. The summed E-state index contributed by atoms with van der Waals surface area (Å²) in [6.07, 6.45) is 3.82. The van der Waals surface area contributed by atoms with Gasteiger partial charge in [0.05, 0.1) is 13.7 Å². The number of nitrogens with zero attached hydrogens (tertiary/aromatic N) is 5. The second-order valence-electron chi connectivity index (χ2n) is 22.7. The first-order chi connectivity index (χ1) is 36.2.